The van der Waals surface area contributed by atoms with E-state index in [1.807, 2.05) is 13.1 Å². The molecule has 1 aliphatic rings. The van der Waals surface area contributed by atoms with Gasteiger partial charge in [-0.05, 0) is 44.0 Å². The first-order valence-corrected chi connectivity index (χ1v) is 5.80. The molecule has 1 amide bonds. The van der Waals surface area contributed by atoms with Crippen molar-refractivity contribution in [2.24, 2.45) is 0 Å². The maximum atomic E-state index is 11.4. The van der Waals surface area contributed by atoms with Crippen molar-refractivity contribution in [1.82, 2.24) is 5.32 Å². The molecule has 0 bridgehead atoms. The molecule has 0 aliphatic carbocycles. The number of rotatable bonds is 2. The van der Waals surface area contributed by atoms with Crippen LogP contribution in [-0.2, 0) is 11.2 Å². The minimum atomic E-state index is 0.133. The Morgan fingerprint density at radius 1 is 1.38 bits per heavy atom. The van der Waals surface area contributed by atoms with Crippen LogP contribution in [0.25, 0.3) is 0 Å². The van der Waals surface area contributed by atoms with E-state index in [4.69, 9.17) is 0 Å². The third kappa shape index (κ3) is 2.25. The van der Waals surface area contributed by atoms with E-state index in [0.29, 0.717) is 12.5 Å². The van der Waals surface area contributed by atoms with Gasteiger partial charge in [-0.3, -0.25) is 4.79 Å². The lowest BCUT2D eigenvalue weighted by Crippen LogP contribution is -2.13. The van der Waals surface area contributed by atoms with Gasteiger partial charge in [-0.1, -0.05) is 12.1 Å². The normalized spacial score (nSPS) is 17.2. The number of hydrogen-bond donors (Lipinski definition) is 2. The summed E-state index contributed by atoms with van der Waals surface area (Å²) < 4.78 is 0. The van der Waals surface area contributed by atoms with Gasteiger partial charge in [0, 0.05) is 18.2 Å². The van der Waals surface area contributed by atoms with Crippen molar-refractivity contribution in [3.05, 3.63) is 29.3 Å². The van der Waals surface area contributed by atoms with Crippen molar-refractivity contribution in [1.29, 1.82) is 0 Å². The van der Waals surface area contributed by atoms with Crippen molar-refractivity contribution in [2.45, 2.75) is 32.2 Å². The van der Waals surface area contributed by atoms with Crippen LogP contribution in [0.4, 0.5) is 5.69 Å². The molecule has 2 N–H and O–H groups in total. The number of fused-ring (bicyclic) bond motifs is 1. The average molecular weight is 218 g/mol. The van der Waals surface area contributed by atoms with Crippen LogP contribution in [-0.4, -0.2) is 13.0 Å². The predicted octanol–water partition coefficient (Wildman–Crippen LogP) is 2.24. The molecule has 1 heterocycles. The average Bonchev–Trinajstić information content (AvgIpc) is 2.47. The molecule has 1 atom stereocenters. The minimum Gasteiger partial charge on any atom is -0.326 e. The third-order valence-electron chi connectivity index (χ3n) is 3.19. The molecule has 1 unspecified atom stereocenters. The standard InChI is InChI=1S/C13H18N2O/c1-9(14-2)10-6-7-12-11(8-10)4-3-5-13(16)15-12/h6-9,14H,3-5H2,1-2H3,(H,15,16). The summed E-state index contributed by atoms with van der Waals surface area (Å²) in [7, 11) is 1.96. The topological polar surface area (TPSA) is 41.1 Å². The summed E-state index contributed by atoms with van der Waals surface area (Å²) in [5.74, 6) is 0.133. The van der Waals surface area contributed by atoms with Crippen LogP contribution in [0.2, 0.25) is 0 Å². The number of anilines is 1. The SMILES string of the molecule is CNC(C)c1ccc2c(c1)CCCC(=O)N2. The van der Waals surface area contributed by atoms with E-state index in [2.05, 4.69) is 29.7 Å². The molecule has 1 aromatic carbocycles. The molecule has 0 fully saturated rings. The highest BCUT2D eigenvalue weighted by Crippen LogP contribution is 2.25. The molecule has 3 nitrogen and oxygen atoms in total. The molecule has 3 heteroatoms. The van der Waals surface area contributed by atoms with E-state index >= 15 is 0 Å². The number of benzene rings is 1. The van der Waals surface area contributed by atoms with Crippen molar-refractivity contribution in [3.8, 4) is 0 Å². The summed E-state index contributed by atoms with van der Waals surface area (Å²) in [4.78, 5) is 11.4. The van der Waals surface area contributed by atoms with Gasteiger partial charge in [0.2, 0.25) is 5.91 Å². The zero-order chi connectivity index (χ0) is 11.5. The van der Waals surface area contributed by atoms with Crippen LogP contribution in [0.1, 0.15) is 36.9 Å². The van der Waals surface area contributed by atoms with Crippen LogP contribution in [0.3, 0.4) is 0 Å². The molecule has 1 aromatic rings. The molecule has 0 aromatic heterocycles. The first kappa shape index (κ1) is 11.1. The van der Waals surface area contributed by atoms with Gasteiger partial charge in [0.25, 0.3) is 0 Å². The maximum absolute atomic E-state index is 11.4. The highest BCUT2D eigenvalue weighted by atomic mass is 16.1. The fourth-order valence-electron chi connectivity index (χ4n) is 2.03. The van der Waals surface area contributed by atoms with Crippen LogP contribution in [0.5, 0.6) is 0 Å². The second-order valence-electron chi connectivity index (χ2n) is 4.33. The Bertz CT molecular complexity index is 401. The maximum Gasteiger partial charge on any atom is 0.224 e. The summed E-state index contributed by atoms with van der Waals surface area (Å²) in [5.41, 5.74) is 3.51. The second-order valence-corrected chi connectivity index (χ2v) is 4.33. The Hall–Kier alpha value is -1.35. The van der Waals surface area contributed by atoms with Gasteiger partial charge in [-0.2, -0.15) is 0 Å². The Kier molecular flexibility index (Phi) is 3.25. The van der Waals surface area contributed by atoms with Crippen molar-refractivity contribution < 1.29 is 4.79 Å². The smallest absolute Gasteiger partial charge is 0.224 e. The Balaban J connectivity index is 2.31. The molecule has 0 saturated heterocycles. The van der Waals surface area contributed by atoms with Crippen LogP contribution < -0.4 is 10.6 Å². The van der Waals surface area contributed by atoms with Gasteiger partial charge in [0.1, 0.15) is 0 Å². The monoisotopic (exact) mass is 218 g/mol. The van der Waals surface area contributed by atoms with Crippen LogP contribution in [0.15, 0.2) is 18.2 Å². The number of amides is 1. The highest BCUT2D eigenvalue weighted by Gasteiger charge is 2.13. The molecular formula is C13H18N2O. The zero-order valence-corrected chi connectivity index (χ0v) is 9.84. The lowest BCUT2D eigenvalue weighted by Gasteiger charge is -2.14. The number of aryl methyl sites for hydroxylation is 1. The number of carbonyl (C=O) groups is 1. The summed E-state index contributed by atoms with van der Waals surface area (Å²) in [5, 5.41) is 6.17. The predicted molar refractivity (Wildman–Crippen MR) is 65.5 cm³/mol. The largest absolute Gasteiger partial charge is 0.326 e. The minimum absolute atomic E-state index is 0.133. The lowest BCUT2D eigenvalue weighted by molar-refractivity contribution is -0.116. The Labute approximate surface area is 96.2 Å². The van der Waals surface area contributed by atoms with Gasteiger partial charge >= 0.3 is 0 Å². The fourth-order valence-corrected chi connectivity index (χ4v) is 2.03. The third-order valence-corrected chi connectivity index (χ3v) is 3.19. The van der Waals surface area contributed by atoms with E-state index in [0.717, 1.165) is 18.5 Å². The fraction of sp³-hybridized carbons (Fsp3) is 0.462. The molecule has 0 saturated carbocycles. The van der Waals surface area contributed by atoms with E-state index in [1.54, 1.807) is 0 Å². The summed E-state index contributed by atoms with van der Waals surface area (Å²) in [6, 6.07) is 6.64. The molecule has 1 aliphatic heterocycles. The quantitative estimate of drug-likeness (QED) is 0.799. The zero-order valence-electron chi connectivity index (χ0n) is 9.84. The molecule has 2 rings (SSSR count). The first-order valence-electron chi connectivity index (χ1n) is 5.80. The number of nitrogens with one attached hydrogen (secondary N) is 2. The first-order chi connectivity index (χ1) is 7.70. The Morgan fingerprint density at radius 2 is 2.19 bits per heavy atom. The van der Waals surface area contributed by atoms with E-state index in [-0.39, 0.29) is 5.91 Å². The molecule has 0 radical (unpaired) electrons. The van der Waals surface area contributed by atoms with E-state index < -0.39 is 0 Å². The van der Waals surface area contributed by atoms with Gasteiger partial charge in [-0.25, -0.2) is 0 Å². The summed E-state index contributed by atoms with van der Waals surface area (Å²) in [6.07, 6.45) is 2.56. The van der Waals surface area contributed by atoms with Crippen molar-refractivity contribution >= 4 is 11.6 Å². The Morgan fingerprint density at radius 3 is 2.94 bits per heavy atom. The number of carbonyl (C=O) groups excluding carboxylic acids is 1. The van der Waals surface area contributed by atoms with Crippen LogP contribution >= 0.6 is 0 Å². The summed E-state index contributed by atoms with van der Waals surface area (Å²) in [6.45, 7) is 2.14. The van der Waals surface area contributed by atoms with E-state index in [1.165, 1.54) is 11.1 Å². The number of hydrogen-bond acceptors (Lipinski definition) is 2. The lowest BCUT2D eigenvalue weighted by atomic mass is 10.0. The molecule has 16 heavy (non-hydrogen) atoms. The molecular weight excluding hydrogens is 200 g/mol. The van der Waals surface area contributed by atoms with Crippen molar-refractivity contribution in [3.63, 3.8) is 0 Å². The van der Waals surface area contributed by atoms with Gasteiger partial charge in [0.15, 0.2) is 0 Å². The molecule has 86 valence electrons. The highest BCUT2D eigenvalue weighted by molar-refractivity contribution is 5.92. The van der Waals surface area contributed by atoms with E-state index in [9.17, 15) is 4.79 Å². The van der Waals surface area contributed by atoms with Crippen LogP contribution in [0, 0.1) is 0 Å². The molecule has 0 spiro atoms. The summed E-state index contributed by atoms with van der Waals surface area (Å²) >= 11 is 0. The van der Waals surface area contributed by atoms with Crippen molar-refractivity contribution in [2.75, 3.05) is 12.4 Å². The van der Waals surface area contributed by atoms with Gasteiger partial charge in [0.05, 0.1) is 0 Å². The van der Waals surface area contributed by atoms with Gasteiger partial charge < -0.3 is 10.6 Å². The van der Waals surface area contributed by atoms with Gasteiger partial charge in [-0.15, -0.1) is 0 Å². The second kappa shape index (κ2) is 4.66.